The lowest BCUT2D eigenvalue weighted by Crippen LogP contribution is -2.45. The number of nitrogens with zero attached hydrogens (tertiary/aromatic N) is 1. The lowest BCUT2D eigenvalue weighted by Gasteiger charge is -2.23. The highest BCUT2D eigenvalue weighted by atomic mass is 35.5. The van der Waals surface area contributed by atoms with Crippen LogP contribution in [-0.2, 0) is 5.41 Å². The third-order valence-electron chi connectivity index (χ3n) is 3.01. The summed E-state index contributed by atoms with van der Waals surface area (Å²) in [6.07, 6.45) is 2.17. The molecule has 1 aromatic rings. The molecule has 7 heteroatoms. The van der Waals surface area contributed by atoms with Gasteiger partial charge in [-0.2, -0.15) is 0 Å². The fourth-order valence-corrected chi connectivity index (χ4v) is 2.84. The average Bonchev–Trinajstić information content (AvgIpc) is 2.79. The van der Waals surface area contributed by atoms with E-state index in [0.717, 1.165) is 30.9 Å². The molecule has 20 heavy (non-hydrogen) atoms. The number of rotatable bonds is 2. The summed E-state index contributed by atoms with van der Waals surface area (Å²) in [6, 6.07) is 0.242. The van der Waals surface area contributed by atoms with Crippen LogP contribution in [0.4, 0.5) is 0 Å². The lowest BCUT2D eigenvalue weighted by atomic mass is 9.98. The minimum atomic E-state index is -0.0459. The van der Waals surface area contributed by atoms with Crippen LogP contribution in [0.2, 0.25) is 0 Å². The van der Waals surface area contributed by atoms with Gasteiger partial charge in [0.05, 0.1) is 5.01 Å². The van der Waals surface area contributed by atoms with E-state index in [1.54, 1.807) is 11.3 Å². The second-order valence-corrected chi connectivity index (χ2v) is 6.66. The molecule has 2 heterocycles. The summed E-state index contributed by atoms with van der Waals surface area (Å²) in [5.41, 5.74) is 0.561. The molecule has 1 fully saturated rings. The van der Waals surface area contributed by atoms with E-state index in [0.29, 0.717) is 5.69 Å². The molecular weight excluding hydrogens is 317 g/mol. The van der Waals surface area contributed by atoms with Crippen molar-refractivity contribution in [2.24, 2.45) is 0 Å². The number of nitrogens with one attached hydrogen (secondary N) is 2. The van der Waals surface area contributed by atoms with Crippen molar-refractivity contribution in [2.45, 2.75) is 45.1 Å². The summed E-state index contributed by atoms with van der Waals surface area (Å²) in [4.78, 5) is 16.5. The summed E-state index contributed by atoms with van der Waals surface area (Å²) < 4.78 is 0. The van der Waals surface area contributed by atoms with E-state index in [-0.39, 0.29) is 42.2 Å². The Morgan fingerprint density at radius 1 is 1.45 bits per heavy atom. The number of thiazole rings is 1. The molecular formula is C13H23Cl2N3OS. The van der Waals surface area contributed by atoms with E-state index in [2.05, 4.69) is 36.4 Å². The van der Waals surface area contributed by atoms with Crippen LogP contribution in [0.5, 0.6) is 0 Å². The Morgan fingerprint density at radius 2 is 2.15 bits per heavy atom. The molecule has 1 amide bonds. The monoisotopic (exact) mass is 339 g/mol. The van der Waals surface area contributed by atoms with Gasteiger partial charge in [-0.15, -0.1) is 36.2 Å². The van der Waals surface area contributed by atoms with Crippen molar-refractivity contribution in [1.29, 1.82) is 0 Å². The minimum Gasteiger partial charge on any atom is -0.347 e. The second kappa shape index (κ2) is 8.17. The van der Waals surface area contributed by atoms with Crippen molar-refractivity contribution in [1.82, 2.24) is 15.6 Å². The molecule has 1 aliphatic rings. The Balaban J connectivity index is 0.00000180. The van der Waals surface area contributed by atoms with E-state index < -0.39 is 0 Å². The maximum Gasteiger partial charge on any atom is 0.271 e. The molecule has 0 saturated carbocycles. The summed E-state index contributed by atoms with van der Waals surface area (Å²) in [6.45, 7) is 8.25. The Kier molecular flexibility index (Phi) is 8.03. The van der Waals surface area contributed by atoms with Gasteiger partial charge in [-0.25, -0.2) is 4.98 Å². The van der Waals surface area contributed by atoms with Crippen molar-refractivity contribution in [3.8, 4) is 0 Å². The van der Waals surface area contributed by atoms with E-state index in [4.69, 9.17) is 0 Å². The summed E-state index contributed by atoms with van der Waals surface area (Å²) in [5.74, 6) is -0.0459. The first-order valence-electron chi connectivity index (χ1n) is 6.44. The summed E-state index contributed by atoms with van der Waals surface area (Å²) in [5, 5.41) is 9.19. The van der Waals surface area contributed by atoms with Crippen molar-refractivity contribution in [3.63, 3.8) is 0 Å². The first kappa shape index (κ1) is 19.6. The van der Waals surface area contributed by atoms with Gasteiger partial charge in [0.15, 0.2) is 0 Å². The predicted molar refractivity (Wildman–Crippen MR) is 88.7 cm³/mol. The Labute approximate surface area is 137 Å². The van der Waals surface area contributed by atoms with Crippen LogP contribution in [0.25, 0.3) is 0 Å². The SMILES string of the molecule is CC(C)(C)c1nc(C(=O)N[C@H]2CCCNC2)cs1.Cl.Cl. The molecule has 0 unspecified atom stereocenters. The Bertz CT molecular complexity index is 425. The molecule has 4 nitrogen and oxygen atoms in total. The smallest absolute Gasteiger partial charge is 0.271 e. The Morgan fingerprint density at radius 3 is 2.65 bits per heavy atom. The first-order valence-corrected chi connectivity index (χ1v) is 7.32. The number of carbonyl (C=O) groups is 1. The van der Waals surface area contributed by atoms with Crippen molar-refractivity contribution >= 4 is 42.1 Å². The second-order valence-electron chi connectivity index (χ2n) is 5.80. The molecule has 116 valence electrons. The molecule has 2 rings (SSSR count). The number of piperidine rings is 1. The fourth-order valence-electron chi connectivity index (χ4n) is 1.96. The minimum absolute atomic E-state index is 0. The van der Waals surface area contributed by atoms with Gasteiger partial charge < -0.3 is 10.6 Å². The third kappa shape index (κ3) is 5.20. The number of carbonyl (C=O) groups excluding carboxylic acids is 1. The van der Waals surface area contributed by atoms with Gasteiger partial charge in [-0.3, -0.25) is 4.79 Å². The summed E-state index contributed by atoms with van der Waals surface area (Å²) >= 11 is 1.56. The standard InChI is InChI=1S/C13H21N3OS.2ClH/c1-13(2,3)12-16-10(8-18-12)11(17)15-9-5-4-6-14-7-9;;/h8-9,14H,4-7H2,1-3H3,(H,15,17);2*1H/t9-;;/m0../s1. The van der Waals surface area contributed by atoms with Crippen LogP contribution in [0.15, 0.2) is 5.38 Å². The molecule has 0 aromatic carbocycles. The van der Waals surface area contributed by atoms with Crippen LogP contribution < -0.4 is 10.6 Å². The molecule has 2 N–H and O–H groups in total. The van der Waals surface area contributed by atoms with Gasteiger partial charge >= 0.3 is 0 Å². The number of aromatic nitrogens is 1. The number of hydrogen-bond donors (Lipinski definition) is 2. The molecule has 1 saturated heterocycles. The number of halogens is 2. The highest BCUT2D eigenvalue weighted by Crippen LogP contribution is 2.25. The van der Waals surface area contributed by atoms with E-state index in [9.17, 15) is 4.79 Å². The summed E-state index contributed by atoms with van der Waals surface area (Å²) in [7, 11) is 0. The highest BCUT2D eigenvalue weighted by Gasteiger charge is 2.22. The van der Waals surface area contributed by atoms with E-state index in [1.807, 2.05) is 5.38 Å². The third-order valence-corrected chi connectivity index (χ3v) is 4.28. The van der Waals surface area contributed by atoms with E-state index >= 15 is 0 Å². The zero-order chi connectivity index (χ0) is 13.2. The van der Waals surface area contributed by atoms with Gasteiger partial charge in [-0.05, 0) is 19.4 Å². The molecule has 0 aliphatic carbocycles. The fraction of sp³-hybridized carbons (Fsp3) is 0.692. The highest BCUT2D eigenvalue weighted by molar-refractivity contribution is 7.10. The molecule has 1 atom stereocenters. The maximum absolute atomic E-state index is 12.1. The van der Waals surface area contributed by atoms with Gasteiger partial charge in [0.25, 0.3) is 5.91 Å². The van der Waals surface area contributed by atoms with Gasteiger partial charge in [0.1, 0.15) is 5.69 Å². The zero-order valence-electron chi connectivity index (χ0n) is 12.1. The largest absolute Gasteiger partial charge is 0.347 e. The van der Waals surface area contributed by atoms with E-state index in [1.165, 1.54) is 0 Å². The molecule has 0 spiro atoms. The van der Waals surface area contributed by atoms with Gasteiger partial charge in [-0.1, -0.05) is 20.8 Å². The van der Waals surface area contributed by atoms with Crippen LogP contribution >= 0.6 is 36.2 Å². The topological polar surface area (TPSA) is 54.0 Å². The number of amides is 1. The van der Waals surface area contributed by atoms with Gasteiger partial charge in [0, 0.05) is 23.4 Å². The van der Waals surface area contributed by atoms with Crippen LogP contribution in [0.1, 0.15) is 49.1 Å². The first-order chi connectivity index (χ1) is 8.47. The molecule has 0 bridgehead atoms. The Hall–Kier alpha value is -0.360. The lowest BCUT2D eigenvalue weighted by molar-refractivity contribution is 0.0926. The maximum atomic E-state index is 12.1. The molecule has 0 radical (unpaired) electrons. The average molecular weight is 340 g/mol. The van der Waals surface area contributed by atoms with Crippen molar-refractivity contribution in [2.75, 3.05) is 13.1 Å². The number of hydrogen-bond acceptors (Lipinski definition) is 4. The molecule has 1 aliphatic heterocycles. The van der Waals surface area contributed by atoms with Crippen LogP contribution in [0, 0.1) is 0 Å². The molecule has 1 aromatic heterocycles. The normalized spacial score (nSPS) is 18.6. The van der Waals surface area contributed by atoms with Gasteiger partial charge in [0.2, 0.25) is 0 Å². The van der Waals surface area contributed by atoms with Crippen molar-refractivity contribution < 1.29 is 4.79 Å². The van der Waals surface area contributed by atoms with Crippen molar-refractivity contribution in [3.05, 3.63) is 16.1 Å². The quantitative estimate of drug-likeness (QED) is 0.870. The predicted octanol–water partition coefficient (Wildman–Crippen LogP) is 2.77. The van der Waals surface area contributed by atoms with Crippen LogP contribution in [-0.4, -0.2) is 30.0 Å². The zero-order valence-corrected chi connectivity index (χ0v) is 14.5. The van der Waals surface area contributed by atoms with Crippen LogP contribution in [0.3, 0.4) is 0 Å².